The number of aromatic nitrogens is 1. The third-order valence-corrected chi connectivity index (χ3v) is 5.30. The Kier molecular flexibility index (Phi) is 4.47. The highest BCUT2D eigenvalue weighted by molar-refractivity contribution is 7.17. The summed E-state index contributed by atoms with van der Waals surface area (Å²) < 4.78 is 0. The number of thiazole rings is 1. The van der Waals surface area contributed by atoms with Crippen molar-refractivity contribution < 1.29 is 9.90 Å². The lowest BCUT2D eigenvalue weighted by molar-refractivity contribution is 0.0450. The molecule has 1 fully saturated rings. The van der Waals surface area contributed by atoms with Crippen LogP contribution in [0.15, 0.2) is 30.5 Å². The van der Waals surface area contributed by atoms with Crippen LogP contribution < -0.4 is 5.32 Å². The summed E-state index contributed by atoms with van der Waals surface area (Å²) in [5, 5.41) is 14.4. The molecule has 22 heavy (non-hydrogen) atoms. The SMILES string of the molecule is O=C(NCC1(O)CCCC1)c1cnc(-c2ccccc2Cl)s1. The molecule has 0 saturated heterocycles. The van der Waals surface area contributed by atoms with Crippen molar-refractivity contribution in [1.82, 2.24) is 10.3 Å². The average Bonchev–Trinajstić information content (AvgIpc) is 3.15. The Balaban J connectivity index is 1.68. The monoisotopic (exact) mass is 336 g/mol. The second-order valence-corrected chi connectivity index (χ2v) is 7.06. The first-order valence-corrected chi connectivity index (χ1v) is 8.48. The number of aliphatic hydroxyl groups is 1. The molecule has 0 aliphatic heterocycles. The molecule has 0 radical (unpaired) electrons. The van der Waals surface area contributed by atoms with Crippen molar-refractivity contribution in [2.24, 2.45) is 0 Å². The van der Waals surface area contributed by atoms with Gasteiger partial charge >= 0.3 is 0 Å². The van der Waals surface area contributed by atoms with Gasteiger partial charge in [-0.05, 0) is 18.9 Å². The summed E-state index contributed by atoms with van der Waals surface area (Å²) in [6.45, 7) is 0.297. The third-order valence-electron chi connectivity index (χ3n) is 3.95. The summed E-state index contributed by atoms with van der Waals surface area (Å²) in [5.41, 5.74) is 0.0778. The Morgan fingerprint density at radius 1 is 1.36 bits per heavy atom. The number of carbonyl (C=O) groups excluding carboxylic acids is 1. The van der Waals surface area contributed by atoms with E-state index in [4.69, 9.17) is 11.6 Å². The standard InChI is InChI=1S/C16H17ClN2O2S/c17-12-6-2-1-5-11(12)15-18-9-13(22-15)14(20)19-10-16(21)7-3-4-8-16/h1-2,5-6,9,21H,3-4,7-8,10H2,(H,19,20). The molecule has 4 nitrogen and oxygen atoms in total. The number of nitrogens with zero attached hydrogens (tertiary/aromatic N) is 1. The van der Waals surface area contributed by atoms with E-state index < -0.39 is 5.60 Å². The Morgan fingerprint density at radius 2 is 2.09 bits per heavy atom. The maximum atomic E-state index is 12.2. The van der Waals surface area contributed by atoms with Gasteiger partial charge in [-0.1, -0.05) is 42.6 Å². The van der Waals surface area contributed by atoms with E-state index in [0.717, 1.165) is 36.3 Å². The third kappa shape index (κ3) is 3.32. The molecule has 0 unspecified atom stereocenters. The van der Waals surface area contributed by atoms with E-state index in [9.17, 15) is 9.90 Å². The minimum absolute atomic E-state index is 0.198. The number of hydrogen-bond acceptors (Lipinski definition) is 4. The minimum Gasteiger partial charge on any atom is -0.388 e. The lowest BCUT2D eigenvalue weighted by atomic mass is 10.0. The fourth-order valence-corrected chi connectivity index (χ4v) is 3.83. The largest absolute Gasteiger partial charge is 0.388 e. The maximum absolute atomic E-state index is 12.2. The van der Waals surface area contributed by atoms with Crippen LogP contribution in [0.1, 0.15) is 35.4 Å². The molecule has 2 N–H and O–H groups in total. The fourth-order valence-electron chi connectivity index (χ4n) is 2.68. The van der Waals surface area contributed by atoms with Gasteiger partial charge < -0.3 is 10.4 Å². The number of hydrogen-bond donors (Lipinski definition) is 2. The zero-order valence-corrected chi connectivity index (χ0v) is 13.6. The average molecular weight is 337 g/mol. The molecule has 1 amide bonds. The van der Waals surface area contributed by atoms with E-state index >= 15 is 0 Å². The van der Waals surface area contributed by atoms with Crippen LogP contribution in [0, 0.1) is 0 Å². The highest BCUT2D eigenvalue weighted by Gasteiger charge is 2.31. The highest BCUT2D eigenvalue weighted by Crippen LogP contribution is 2.31. The molecule has 6 heteroatoms. The predicted molar refractivity (Wildman–Crippen MR) is 88.3 cm³/mol. The molecule has 0 atom stereocenters. The van der Waals surface area contributed by atoms with Gasteiger partial charge in [0.15, 0.2) is 0 Å². The first-order chi connectivity index (χ1) is 10.6. The maximum Gasteiger partial charge on any atom is 0.263 e. The van der Waals surface area contributed by atoms with Gasteiger partial charge in [-0.15, -0.1) is 11.3 Å². The smallest absolute Gasteiger partial charge is 0.263 e. The molecule has 116 valence electrons. The first kappa shape index (κ1) is 15.5. The molecule has 2 aromatic rings. The summed E-state index contributed by atoms with van der Waals surface area (Å²) in [6.07, 6.45) is 5.09. The number of nitrogens with one attached hydrogen (secondary N) is 1. The van der Waals surface area contributed by atoms with E-state index in [1.807, 2.05) is 18.2 Å². The minimum atomic E-state index is -0.744. The van der Waals surface area contributed by atoms with Gasteiger partial charge in [0.2, 0.25) is 0 Å². The summed E-state index contributed by atoms with van der Waals surface area (Å²) >= 11 is 7.45. The predicted octanol–water partition coefficient (Wildman–Crippen LogP) is 3.50. The van der Waals surface area contributed by atoms with Crippen LogP contribution in [0.5, 0.6) is 0 Å². The molecule has 1 aliphatic carbocycles. The molecule has 3 rings (SSSR count). The van der Waals surface area contributed by atoms with E-state index in [1.54, 1.807) is 12.3 Å². The van der Waals surface area contributed by atoms with Crippen LogP contribution >= 0.6 is 22.9 Å². The Hall–Kier alpha value is -1.43. The summed E-state index contributed by atoms with van der Waals surface area (Å²) in [4.78, 5) is 17.0. The normalized spacial score (nSPS) is 16.6. The van der Waals surface area contributed by atoms with E-state index in [-0.39, 0.29) is 5.91 Å². The van der Waals surface area contributed by atoms with Crippen molar-refractivity contribution in [2.75, 3.05) is 6.54 Å². The molecule has 1 saturated carbocycles. The van der Waals surface area contributed by atoms with Gasteiger partial charge in [0.1, 0.15) is 9.88 Å². The van der Waals surface area contributed by atoms with Gasteiger partial charge in [-0.2, -0.15) is 0 Å². The van der Waals surface area contributed by atoms with E-state index in [0.29, 0.717) is 16.4 Å². The fraction of sp³-hybridized carbons (Fsp3) is 0.375. The van der Waals surface area contributed by atoms with Crippen molar-refractivity contribution in [1.29, 1.82) is 0 Å². The van der Waals surface area contributed by atoms with E-state index in [1.165, 1.54) is 11.3 Å². The number of amides is 1. The molecule has 0 spiro atoms. The second-order valence-electron chi connectivity index (χ2n) is 5.62. The van der Waals surface area contributed by atoms with Crippen LogP contribution in [0.25, 0.3) is 10.6 Å². The van der Waals surface area contributed by atoms with Gasteiger partial charge in [0.05, 0.1) is 16.8 Å². The lowest BCUT2D eigenvalue weighted by Crippen LogP contribution is -2.40. The van der Waals surface area contributed by atoms with E-state index in [2.05, 4.69) is 10.3 Å². The second kappa shape index (κ2) is 6.36. The highest BCUT2D eigenvalue weighted by atomic mass is 35.5. The molecule has 1 heterocycles. The number of carbonyl (C=O) groups is 1. The Morgan fingerprint density at radius 3 is 2.82 bits per heavy atom. The number of halogens is 1. The van der Waals surface area contributed by atoms with Gasteiger partial charge in [-0.3, -0.25) is 4.79 Å². The van der Waals surface area contributed by atoms with Crippen molar-refractivity contribution >= 4 is 28.8 Å². The van der Waals surface area contributed by atoms with Crippen molar-refractivity contribution in [3.05, 3.63) is 40.4 Å². The van der Waals surface area contributed by atoms with Gasteiger partial charge in [0, 0.05) is 12.1 Å². The molecule has 1 aromatic heterocycles. The van der Waals surface area contributed by atoms with Crippen LogP contribution in [0.2, 0.25) is 5.02 Å². The zero-order chi connectivity index (χ0) is 15.6. The summed E-state index contributed by atoms with van der Waals surface area (Å²) in [5.74, 6) is -0.198. The lowest BCUT2D eigenvalue weighted by Gasteiger charge is -2.21. The quantitative estimate of drug-likeness (QED) is 0.898. The van der Waals surface area contributed by atoms with Gasteiger partial charge in [0.25, 0.3) is 5.91 Å². The molecule has 1 aliphatic rings. The molecular formula is C16H17ClN2O2S. The Labute approximate surface area is 138 Å². The first-order valence-electron chi connectivity index (χ1n) is 7.29. The van der Waals surface area contributed by atoms with Crippen LogP contribution in [0.4, 0.5) is 0 Å². The molecule has 1 aromatic carbocycles. The number of benzene rings is 1. The van der Waals surface area contributed by atoms with Crippen molar-refractivity contribution in [2.45, 2.75) is 31.3 Å². The summed E-state index contributed by atoms with van der Waals surface area (Å²) in [6, 6.07) is 7.42. The van der Waals surface area contributed by atoms with Crippen LogP contribution in [-0.4, -0.2) is 28.1 Å². The molecule has 0 bridgehead atoms. The summed E-state index contributed by atoms with van der Waals surface area (Å²) in [7, 11) is 0. The topological polar surface area (TPSA) is 62.2 Å². The van der Waals surface area contributed by atoms with Crippen molar-refractivity contribution in [3.63, 3.8) is 0 Å². The van der Waals surface area contributed by atoms with Crippen LogP contribution in [0.3, 0.4) is 0 Å². The zero-order valence-electron chi connectivity index (χ0n) is 12.0. The molecular weight excluding hydrogens is 320 g/mol. The number of rotatable bonds is 4. The Bertz CT molecular complexity index is 680. The van der Waals surface area contributed by atoms with Crippen LogP contribution in [-0.2, 0) is 0 Å². The van der Waals surface area contributed by atoms with Crippen molar-refractivity contribution in [3.8, 4) is 10.6 Å². The van der Waals surface area contributed by atoms with Gasteiger partial charge in [-0.25, -0.2) is 4.98 Å².